The first-order chi connectivity index (χ1) is 16.0. The van der Waals surface area contributed by atoms with Gasteiger partial charge in [-0.3, -0.25) is 9.69 Å². The van der Waals surface area contributed by atoms with Crippen LogP contribution >= 0.6 is 0 Å². The van der Waals surface area contributed by atoms with Crippen LogP contribution in [0.1, 0.15) is 44.7 Å². The van der Waals surface area contributed by atoms with E-state index in [1.54, 1.807) is 26.4 Å². The quantitative estimate of drug-likeness (QED) is 0.560. The molecule has 33 heavy (non-hydrogen) atoms. The van der Waals surface area contributed by atoms with Crippen molar-refractivity contribution in [1.82, 2.24) is 25.0 Å². The molecule has 0 aliphatic carbocycles. The predicted molar refractivity (Wildman–Crippen MR) is 122 cm³/mol. The van der Waals surface area contributed by atoms with Crippen molar-refractivity contribution in [3.63, 3.8) is 0 Å². The molecule has 3 heterocycles. The maximum atomic E-state index is 12.4. The van der Waals surface area contributed by atoms with E-state index in [0.29, 0.717) is 18.9 Å². The van der Waals surface area contributed by atoms with Gasteiger partial charge in [0, 0.05) is 39.7 Å². The summed E-state index contributed by atoms with van der Waals surface area (Å²) in [5, 5.41) is 11.6. The van der Waals surface area contributed by atoms with Gasteiger partial charge in [-0.1, -0.05) is 6.07 Å². The number of carbonyl (C=O) groups is 1. The molecule has 1 aromatic carbocycles. The van der Waals surface area contributed by atoms with Crippen LogP contribution in [-0.2, 0) is 37.4 Å². The summed E-state index contributed by atoms with van der Waals surface area (Å²) in [7, 11) is 3.29. The SMILES string of the molecule is COCc1ccc(C(=O)NCc2nnc3n2CCN(Cc2cc(C)c(OC)cc2C)CC3)o1. The zero-order valence-electron chi connectivity index (χ0n) is 19.7. The van der Waals surface area contributed by atoms with Gasteiger partial charge in [0.1, 0.15) is 23.9 Å². The van der Waals surface area contributed by atoms with Gasteiger partial charge in [0.15, 0.2) is 11.6 Å². The molecule has 1 amide bonds. The summed E-state index contributed by atoms with van der Waals surface area (Å²) >= 11 is 0. The molecule has 0 saturated carbocycles. The molecule has 4 rings (SSSR count). The Morgan fingerprint density at radius 1 is 1.12 bits per heavy atom. The number of amides is 1. The molecule has 0 fully saturated rings. The normalized spacial score (nSPS) is 14.1. The third kappa shape index (κ3) is 5.26. The first-order valence-electron chi connectivity index (χ1n) is 11.1. The topological polar surface area (TPSA) is 94.6 Å². The highest BCUT2D eigenvalue weighted by Gasteiger charge is 2.20. The van der Waals surface area contributed by atoms with Crippen molar-refractivity contribution in [2.45, 2.75) is 46.5 Å². The first-order valence-corrected chi connectivity index (χ1v) is 11.1. The lowest BCUT2D eigenvalue weighted by molar-refractivity contribution is 0.0913. The molecule has 3 aromatic rings. The van der Waals surface area contributed by atoms with Crippen molar-refractivity contribution in [3.05, 3.63) is 64.1 Å². The number of carbonyl (C=O) groups excluding carboxylic acids is 1. The number of fused-ring (bicyclic) bond motifs is 1. The van der Waals surface area contributed by atoms with E-state index in [9.17, 15) is 4.79 Å². The number of nitrogens with zero attached hydrogens (tertiary/aromatic N) is 4. The average molecular weight is 454 g/mol. The Morgan fingerprint density at radius 3 is 2.76 bits per heavy atom. The third-order valence-electron chi connectivity index (χ3n) is 6.02. The zero-order chi connectivity index (χ0) is 23.4. The summed E-state index contributed by atoms with van der Waals surface area (Å²) in [6, 6.07) is 7.71. The number of aromatic nitrogens is 3. The van der Waals surface area contributed by atoms with Gasteiger partial charge in [-0.25, -0.2) is 0 Å². The van der Waals surface area contributed by atoms with Crippen molar-refractivity contribution in [1.29, 1.82) is 0 Å². The van der Waals surface area contributed by atoms with Crippen molar-refractivity contribution in [2.24, 2.45) is 0 Å². The summed E-state index contributed by atoms with van der Waals surface area (Å²) in [6.45, 7) is 8.28. The number of methoxy groups -OCH3 is 2. The number of ether oxygens (including phenoxy) is 2. The molecule has 9 heteroatoms. The highest BCUT2D eigenvalue weighted by atomic mass is 16.5. The maximum Gasteiger partial charge on any atom is 0.287 e. The predicted octanol–water partition coefficient (Wildman–Crippen LogP) is 2.63. The molecule has 1 aliphatic rings. The third-order valence-corrected chi connectivity index (χ3v) is 6.02. The summed E-state index contributed by atoms with van der Waals surface area (Å²) < 4.78 is 18.1. The van der Waals surface area contributed by atoms with Crippen molar-refractivity contribution in [2.75, 3.05) is 27.3 Å². The van der Waals surface area contributed by atoms with Gasteiger partial charge in [-0.15, -0.1) is 10.2 Å². The van der Waals surface area contributed by atoms with Gasteiger partial charge in [0.2, 0.25) is 0 Å². The molecule has 0 spiro atoms. The van der Waals surface area contributed by atoms with Crippen molar-refractivity contribution < 1.29 is 18.7 Å². The van der Waals surface area contributed by atoms with Gasteiger partial charge in [0.05, 0.1) is 13.7 Å². The fourth-order valence-corrected chi connectivity index (χ4v) is 4.16. The van der Waals surface area contributed by atoms with Gasteiger partial charge in [0.25, 0.3) is 5.91 Å². The monoisotopic (exact) mass is 453 g/mol. The largest absolute Gasteiger partial charge is 0.496 e. The number of hydrogen-bond donors (Lipinski definition) is 1. The lowest BCUT2D eigenvalue weighted by atomic mass is 10.0. The molecule has 0 bridgehead atoms. The highest BCUT2D eigenvalue weighted by Crippen LogP contribution is 2.24. The summed E-state index contributed by atoms with van der Waals surface area (Å²) in [5.41, 5.74) is 3.69. The van der Waals surface area contributed by atoms with Crippen LogP contribution in [0.4, 0.5) is 0 Å². The number of benzene rings is 1. The van der Waals surface area contributed by atoms with E-state index in [1.165, 1.54) is 11.1 Å². The zero-order valence-corrected chi connectivity index (χ0v) is 19.7. The van der Waals surface area contributed by atoms with E-state index in [-0.39, 0.29) is 11.7 Å². The Labute approximate surface area is 193 Å². The molecule has 0 radical (unpaired) electrons. The lowest BCUT2D eigenvalue weighted by Gasteiger charge is -2.21. The molecule has 2 aromatic heterocycles. The molecule has 9 nitrogen and oxygen atoms in total. The fourth-order valence-electron chi connectivity index (χ4n) is 4.16. The summed E-state index contributed by atoms with van der Waals surface area (Å²) in [4.78, 5) is 14.9. The lowest BCUT2D eigenvalue weighted by Crippen LogP contribution is -2.28. The van der Waals surface area contributed by atoms with Crippen molar-refractivity contribution in [3.8, 4) is 5.75 Å². The van der Waals surface area contributed by atoms with E-state index >= 15 is 0 Å². The molecule has 0 atom stereocenters. The van der Waals surface area contributed by atoms with Crippen LogP contribution in [0, 0.1) is 13.8 Å². The Hall–Kier alpha value is -3.17. The second-order valence-electron chi connectivity index (χ2n) is 8.34. The van der Waals surface area contributed by atoms with Gasteiger partial charge >= 0.3 is 0 Å². The van der Waals surface area contributed by atoms with Crippen LogP contribution in [0.2, 0.25) is 0 Å². The van der Waals surface area contributed by atoms with E-state index in [1.807, 2.05) is 0 Å². The highest BCUT2D eigenvalue weighted by molar-refractivity contribution is 5.91. The number of aryl methyl sites for hydroxylation is 2. The van der Waals surface area contributed by atoms with E-state index < -0.39 is 0 Å². The van der Waals surface area contributed by atoms with E-state index in [4.69, 9.17) is 13.9 Å². The minimum Gasteiger partial charge on any atom is -0.496 e. The molecular weight excluding hydrogens is 422 g/mol. The van der Waals surface area contributed by atoms with Crippen molar-refractivity contribution >= 4 is 5.91 Å². The van der Waals surface area contributed by atoms with Crippen LogP contribution in [-0.4, -0.2) is 52.9 Å². The number of rotatable bonds is 8. The standard InChI is InChI=1S/C24H31N5O4/c1-16-12-21(32-4)17(2)11-18(16)14-28-8-7-22-26-27-23(29(22)10-9-28)13-25-24(30)20-6-5-19(33-20)15-31-3/h5-6,11-12H,7-10,13-15H2,1-4H3,(H,25,30). The molecule has 176 valence electrons. The second kappa shape index (κ2) is 10.2. The van der Waals surface area contributed by atoms with Crippen LogP contribution in [0.15, 0.2) is 28.7 Å². The Kier molecular flexibility index (Phi) is 7.10. The number of furan rings is 1. The smallest absolute Gasteiger partial charge is 0.287 e. The average Bonchev–Trinajstić information content (AvgIpc) is 3.38. The second-order valence-corrected chi connectivity index (χ2v) is 8.34. The Morgan fingerprint density at radius 2 is 1.97 bits per heavy atom. The van der Waals surface area contributed by atoms with Crippen LogP contribution in [0.3, 0.4) is 0 Å². The van der Waals surface area contributed by atoms with E-state index in [0.717, 1.165) is 55.6 Å². The van der Waals surface area contributed by atoms with Crippen LogP contribution in [0.25, 0.3) is 0 Å². The molecule has 1 aliphatic heterocycles. The Balaban J connectivity index is 1.36. The molecule has 1 N–H and O–H groups in total. The Bertz CT molecular complexity index is 1120. The van der Waals surface area contributed by atoms with Crippen LogP contribution < -0.4 is 10.1 Å². The molecule has 0 unspecified atom stereocenters. The first kappa shape index (κ1) is 23.0. The maximum absolute atomic E-state index is 12.4. The summed E-state index contributed by atoms with van der Waals surface area (Å²) in [5.74, 6) is 3.21. The van der Waals surface area contributed by atoms with Gasteiger partial charge < -0.3 is 23.8 Å². The minimum atomic E-state index is -0.282. The molecular formula is C24H31N5O4. The minimum absolute atomic E-state index is 0.258. The van der Waals surface area contributed by atoms with Gasteiger partial charge in [-0.05, 0) is 48.7 Å². The van der Waals surface area contributed by atoms with Crippen LogP contribution in [0.5, 0.6) is 5.75 Å². The molecule has 0 saturated heterocycles. The van der Waals surface area contributed by atoms with E-state index in [2.05, 4.69) is 51.0 Å². The fraction of sp³-hybridized carbons (Fsp3) is 0.458. The van der Waals surface area contributed by atoms with Gasteiger partial charge in [-0.2, -0.15) is 0 Å². The number of hydrogen-bond acceptors (Lipinski definition) is 7. The number of nitrogens with one attached hydrogen (secondary N) is 1. The summed E-state index contributed by atoms with van der Waals surface area (Å²) in [6.07, 6.45) is 0.813.